The lowest BCUT2D eigenvalue weighted by Gasteiger charge is -2.22. The second-order valence-corrected chi connectivity index (χ2v) is 7.12. The number of hydrogen-bond donors (Lipinski definition) is 3. The Labute approximate surface area is 156 Å². The lowest BCUT2D eigenvalue weighted by Crippen LogP contribution is -2.33. The number of imidazole rings is 1. The molecule has 1 aliphatic heterocycles. The van der Waals surface area contributed by atoms with Crippen molar-refractivity contribution in [2.24, 2.45) is 0 Å². The van der Waals surface area contributed by atoms with Crippen LogP contribution in [-0.4, -0.2) is 65.6 Å². The van der Waals surface area contributed by atoms with Gasteiger partial charge in [0, 0.05) is 25.0 Å². The smallest absolute Gasteiger partial charge is 0.157 e. The van der Waals surface area contributed by atoms with E-state index in [2.05, 4.69) is 35.7 Å². The van der Waals surface area contributed by atoms with E-state index in [-0.39, 0.29) is 18.7 Å². The highest BCUT2D eigenvalue weighted by atomic mass is 16.3. The van der Waals surface area contributed by atoms with Crippen molar-refractivity contribution in [2.45, 2.75) is 44.4 Å². The Hall–Kier alpha value is -2.54. The third kappa shape index (κ3) is 3.06. The van der Waals surface area contributed by atoms with Crippen LogP contribution < -0.4 is 0 Å². The minimum absolute atomic E-state index is 0.0367. The number of rotatable bonds is 6. The molecule has 4 rings (SSSR count). The number of hydrogen-bond acceptors (Lipinski definition) is 7. The first kappa shape index (κ1) is 17.9. The molecule has 3 aromatic heterocycles. The third-order valence-electron chi connectivity index (χ3n) is 5.34. The van der Waals surface area contributed by atoms with Gasteiger partial charge in [-0.25, -0.2) is 9.97 Å². The quantitative estimate of drug-likeness (QED) is 0.558. The van der Waals surface area contributed by atoms with Gasteiger partial charge in [-0.15, -0.1) is 0 Å². The van der Waals surface area contributed by atoms with E-state index in [1.807, 2.05) is 0 Å². The van der Waals surface area contributed by atoms with Crippen molar-refractivity contribution in [3.63, 3.8) is 0 Å². The Morgan fingerprint density at radius 2 is 2.30 bits per heavy atom. The van der Waals surface area contributed by atoms with Gasteiger partial charge in [0.15, 0.2) is 5.65 Å². The second kappa shape index (κ2) is 7.23. The summed E-state index contributed by atoms with van der Waals surface area (Å²) in [6.07, 6.45) is 4.76. The number of unbranched alkanes of at least 4 members (excludes halogenated alkanes) is 1. The van der Waals surface area contributed by atoms with Gasteiger partial charge in [-0.2, -0.15) is 10.4 Å². The van der Waals surface area contributed by atoms with Gasteiger partial charge in [0.25, 0.3) is 0 Å². The fourth-order valence-electron chi connectivity index (χ4n) is 4.14. The summed E-state index contributed by atoms with van der Waals surface area (Å²) in [5.41, 5.74) is 2.32. The van der Waals surface area contributed by atoms with Gasteiger partial charge >= 0.3 is 0 Å². The Bertz CT molecular complexity index is 987. The Morgan fingerprint density at radius 1 is 1.44 bits per heavy atom. The first-order valence-electron chi connectivity index (χ1n) is 9.23. The Morgan fingerprint density at radius 3 is 3.04 bits per heavy atom. The van der Waals surface area contributed by atoms with Gasteiger partial charge < -0.3 is 14.8 Å². The largest absolute Gasteiger partial charge is 0.395 e. The average molecular weight is 369 g/mol. The molecule has 142 valence electrons. The molecule has 27 heavy (non-hydrogen) atoms. The molecular formula is C18H23N7O2. The molecule has 0 aromatic carbocycles. The Balaban J connectivity index is 1.77. The lowest BCUT2D eigenvalue weighted by molar-refractivity contribution is 0.158. The summed E-state index contributed by atoms with van der Waals surface area (Å²) >= 11 is 0. The van der Waals surface area contributed by atoms with Crippen LogP contribution in [0.5, 0.6) is 0 Å². The monoisotopic (exact) mass is 369 g/mol. The molecule has 1 aliphatic rings. The SMILES string of the molecule is C[C@@H](O)c1nc2cnc3[nH]ncc3c2n1[C@H]1C[C@@H](CO)N(CCCC#N)C1. The summed E-state index contributed by atoms with van der Waals surface area (Å²) in [4.78, 5) is 11.2. The fraction of sp³-hybridized carbons (Fsp3) is 0.556. The maximum absolute atomic E-state index is 10.3. The molecule has 4 heterocycles. The molecule has 0 saturated carbocycles. The zero-order chi connectivity index (χ0) is 19.0. The maximum Gasteiger partial charge on any atom is 0.157 e. The zero-order valence-electron chi connectivity index (χ0n) is 15.2. The maximum atomic E-state index is 10.3. The van der Waals surface area contributed by atoms with Crippen molar-refractivity contribution in [2.75, 3.05) is 19.7 Å². The van der Waals surface area contributed by atoms with E-state index >= 15 is 0 Å². The van der Waals surface area contributed by atoms with Crippen LogP contribution in [0.2, 0.25) is 0 Å². The van der Waals surface area contributed by atoms with Crippen molar-refractivity contribution < 1.29 is 10.2 Å². The fourth-order valence-corrected chi connectivity index (χ4v) is 4.14. The van der Waals surface area contributed by atoms with E-state index in [1.54, 1.807) is 19.3 Å². The van der Waals surface area contributed by atoms with Crippen LogP contribution >= 0.6 is 0 Å². The highest BCUT2D eigenvalue weighted by molar-refractivity contribution is 6.00. The minimum Gasteiger partial charge on any atom is -0.395 e. The number of nitrogens with one attached hydrogen (secondary N) is 1. The first-order valence-corrected chi connectivity index (χ1v) is 9.23. The second-order valence-electron chi connectivity index (χ2n) is 7.12. The van der Waals surface area contributed by atoms with E-state index in [0.29, 0.717) is 17.9 Å². The first-order chi connectivity index (χ1) is 13.1. The van der Waals surface area contributed by atoms with E-state index < -0.39 is 6.10 Å². The highest BCUT2D eigenvalue weighted by Gasteiger charge is 2.35. The molecule has 3 N–H and O–H groups in total. The number of pyridine rings is 1. The lowest BCUT2D eigenvalue weighted by atomic mass is 10.1. The van der Waals surface area contributed by atoms with Crippen LogP contribution in [0.4, 0.5) is 0 Å². The zero-order valence-corrected chi connectivity index (χ0v) is 15.2. The van der Waals surface area contributed by atoms with Crippen LogP contribution in [0.1, 0.15) is 44.2 Å². The van der Waals surface area contributed by atoms with Crippen LogP contribution in [0.15, 0.2) is 12.4 Å². The molecule has 9 nitrogen and oxygen atoms in total. The third-order valence-corrected chi connectivity index (χ3v) is 5.34. The summed E-state index contributed by atoms with van der Waals surface area (Å²) in [6.45, 7) is 3.29. The van der Waals surface area contributed by atoms with Gasteiger partial charge in [-0.05, 0) is 26.3 Å². The molecule has 0 amide bonds. The standard InChI is InChI=1S/C18H23N7O2/c1-11(27)18-22-15-8-20-17-14(7-21-23-17)16(15)25(18)12-6-13(10-26)24(9-12)5-3-2-4-19/h7-8,11-13,26-27H,2-3,5-6,9-10H2,1H3,(H,20,21,23)/t11-,12+,13+/m1/s1. The predicted molar refractivity (Wildman–Crippen MR) is 98.8 cm³/mol. The number of aliphatic hydroxyl groups is 2. The van der Waals surface area contributed by atoms with Crippen molar-refractivity contribution in [3.05, 3.63) is 18.2 Å². The Kier molecular flexibility index (Phi) is 4.78. The van der Waals surface area contributed by atoms with Crippen LogP contribution in [0, 0.1) is 11.3 Å². The van der Waals surface area contributed by atoms with E-state index in [4.69, 9.17) is 5.26 Å². The summed E-state index contributed by atoms with van der Waals surface area (Å²) < 4.78 is 2.09. The van der Waals surface area contributed by atoms with E-state index in [0.717, 1.165) is 42.4 Å². The molecule has 3 aromatic rings. The number of fused-ring (bicyclic) bond motifs is 3. The molecule has 9 heteroatoms. The number of aromatic nitrogens is 5. The number of aromatic amines is 1. The summed E-state index contributed by atoms with van der Waals surface area (Å²) in [5.74, 6) is 0.598. The summed E-state index contributed by atoms with van der Waals surface area (Å²) in [6, 6.07) is 2.28. The molecule has 0 bridgehead atoms. The summed E-state index contributed by atoms with van der Waals surface area (Å²) in [7, 11) is 0. The van der Waals surface area contributed by atoms with Crippen molar-refractivity contribution in [3.8, 4) is 6.07 Å². The number of H-pyrrole nitrogens is 1. The number of nitriles is 1. The van der Waals surface area contributed by atoms with Gasteiger partial charge in [0.1, 0.15) is 17.4 Å². The molecule has 0 spiro atoms. The average Bonchev–Trinajstić information content (AvgIpc) is 3.36. The van der Waals surface area contributed by atoms with Crippen molar-refractivity contribution in [1.82, 2.24) is 29.6 Å². The molecule has 1 saturated heterocycles. The molecule has 3 atom stereocenters. The number of likely N-dealkylation sites (tertiary alicyclic amines) is 1. The van der Waals surface area contributed by atoms with Crippen molar-refractivity contribution >= 4 is 22.1 Å². The molecular weight excluding hydrogens is 346 g/mol. The number of nitrogens with zero attached hydrogens (tertiary/aromatic N) is 6. The van der Waals surface area contributed by atoms with Gasteiger partial charge in [-0.1, -0.05) is 0 Å². The van der Waals surface area contributed by atoms with Gasteiger partial charge in [-0.3, -0.25) is 10.00 Å². The highest BCUT2D eigenvalue weighted by Crippen LogP contribution is 2.35. The number of aliphatic hydroxyl groups excluding tert-OH is 2. The summed E-state index contributed by atoms with van der Waals surface area (Å²) in [5, 5.41) is 36.8. The van der Waals surface area contributed by atoms with E-state index in [9.17, 15) is 10.2 Å². The normalized spacial score (nSPS) is 21.9. The van der Waals surface area contributed by atoms with Crippen LogP contribution in [0.25, 0.3) is 22.1 Å². The van der Waals surface area contributed by atoms with Crippen molar-refractivity contribution in [1.29, 1.82) is 5.26 Å². The minimum atomic E-state index is -0.723. The van der Waals surface area contributed by atoms with Crippen LogP contribution in [0.3, 0.4) is 0 Å². The van der Waals surface area contributed by atoms with Gasteiger partial charge in [0.2, 0.25) is 0 Å². The molecule has 0 aliphatic carbocycles. The molecule has 1 fully saturated rings. The van der Waals surface area contributed by atoms with Crippen LogP contribution in [-0.2, 0) is 0 Å². The van der Waals surface area contributed by atoms with Gasteiger partial charge in [0.05, 0.1) is 36.0 Å². The predicted octanol–water partition coefficient (Wildman–Crippen LogP) is 1.27. The molecule has 0 radical (unpaired) electrons. The van der Waals surface area contributed by atoms with E-state index in [1.165, 1.54) is 0 Å². The molecule has 0 unspecified atom stereocenters. The topological polar surface area (TPSA) is 127 Å².